The highest BCUT2D eigenvalue weighted by molar-refractivity contribution is 6.30. The molecule has 142 valence electrons. The van der Waals surface area contributed by atoms with Crippen molar-refractivity contribution in [3.05, 3.63) is 46.2 Å². The second-order valence-electron chi connectivity index (χ2n) is 7.56. The van der Waals surface area contributed by atoms with E-state index in [2.05, 4.69) is 16.0 Å². The Kier molecular flexibility index (Phi) is 4.36. The van der Waals surface area contributed by atoms with Crippen molar-refractivity contribution in [2.45, 2.75) is 49.8 Å². The highest BCUT2D eigenvalue weighted by Crippen LogP contribution is 2.44. The normalized spacial score (nSPS) is 27.0. The van der Waals surface area contributed by atoms with Crippen LogP contribution in [0.5, 0.6) is 0 Å². The Hall–Kier alpha value is -2.17. The molecule has 2 bridgehead atoms. The fourth-order valence-electron chi connectivity index (χ4n) is 4.62. The zero-order valence-electron chi connectivity index (χ0n) is 14.8. The number of hydrogen-bond acceptors (Lipinski definition) is 4. The molecule has 2 fully saturated rings. The Balaban J connectivity index is 1.59. The lowest BCUT2D eigenvalue weighted by Gasteiger charge is -2.44. The Bertz CT molecular complexity index is 925. The van der Waals surface area contributed by atoms with Crippen LogP contribution in [0.1, 0.15) is 36.9 Å². The number of imidazole rings is 1. The zero-order chi connectivity index (χ0) is 19.3. The van der Waals surface area contributed by atoms with Gasteiger partial charge in [-0.1, -0.05) is 17.7 Å². The summed E-state index contributed by atoms with van der Waals surface area (Å²) in [6.45, 7) is 0. The lowest BCUT2D eigenvalue weighted by molar-refractivity contribution is 0.000991. The third-order valence-electron chi connectivity index (χ3n) is 5.75. The van der Waals surface area contributed by atoms with Crippen molar-refractivity contribution in [2.24, 2.45) is 7.05 Å². The third kappa shape index (κ3) is 3.07. The molecule has 1 N–H and O–H groups in total. The van der Waals surface area contributed by atoms with Crippen LogP contribution in [0.25, 0.3) is 0 Å². The molecule has 0 radical (unpaired) electrons. The number of hydrogen-bond donors (Lipinski definition) is 1. The molecule has 2 unspecified atom stereocenters. The lowest BCUT2D eigenvalue weighted by Crippen LogP contribution is -2.53. The number of anilines is 1. The number of nitriles is 1. The molecule has 0 aliphatic carbocycles. The highest BCUT2D eigenvalue weighted by atomic mass is 35.5. The predicted octanol–water partition coefficient (Wildman–Crippen LogP) is 3.33. The molecule has 0 spiro atoms. The van der Waals surface area contributed by atoms with Gasteiger partial charge in [0, 0.05) is 31.6 Å². The van der Waals surface area contributed by atoms with E-state index in [0.29, 0.717) is 30.0 Å². The monoisotopic (exact) mass is 392 g/mol. The number of fused-ring (bicyclic) bond motifs is 2. The fraction of sp³-hybridized carbons (Fsp3) is 0.474. The van der Waals surface area contributed by atoms with E-state index in [1.807, 2.05) is 0 Å². The van der Waals surface area contributed by atoms with Crippen molar-refractivity contribution in [3.8, 4) is 6.07 Å². The van der Waals surface area contributed by atoms with Crippen LogP contribution in [0, 0.1) is 23.0 Å². The molecule has 3 heterocycles. The maximum atomic E-state index is 14.0. The van der Waals surface area contributed by atoms with Crippen LogP contribution in [-0.2, 0) is 13.5 Å². The first-order valence-electron chi connectivity index (χ1n) is 8.88. The van der Waals surface area contributed by atoms with Gasteiger partial charge in [-0.2, -0.15) is 10.2 Å². The quantitative estimate of drug-likeness (QED) is 0.870. The highest BCUT2D eigenvalue weighted by Gasteiger charge is 2.49. The Morgan fingerprint density at radius 1 is 1.33 bits per heavy atom. The largest absolute Gasteiger partial charge is 0.389 e. The summed E-state index contributed by atoms with van der Waals surface area (Å²) in [7, 11) is 1.75. The fourth-order valence-corrected chi connectivity index (χ4v) is 4.86. The first-order valence-corrected chi connectivity index (χ1v) is 9.26. The first kappa shape index (κ1) is 18.2. The molecular formula is C19H19ClF2N4O. The summed E-state index contributed by atoms with van der Waals surface area (Å²) in [6.07, 6.45) is 2.81. The molecule has 0 amide bonds. The van der Waals surface area contributed by atoms with Gasteiger partial charge in [0.25, 0.3) is 0 Å². The molecule has 2 aliphatic heterocycles. The smallest absolute Gasteiger partial charge is 0.208 e. The van der Waals surface area contributed by atoms with Gasteiger partial charge in [0.05, 0.1) is 5.60 Å². The van der Waals surface area contributed by atoms with Crippen molar-refractivity contribution in [2.75, 3.05) is 4.90 Å². The van der Waals surface area contributed by atoms with E-state index in [1.54, 1.807) is 11.6 Å². The van der Waals surface area contributed by atoms with Crippen LogP contribution < -0.4 is 4.90 Å². The number of nitrogens with zero attached hydrogens (tertiary/aromatic N) is 4. The number of piperidine rings is 1. The van der Waals surface area contributed by atoms with Gasteiger partial charge < -0.3 is 14.6 Å². The van der Waals surface area contributed by atoms with E-state index in [4.69, 9.17) is 11.6 Å². The summed E-state index contributed by atoms with van der Waals surface area (Å²) >= 11 is 6.08. The second kappa shape index (κ2) is 6.47. The number of aromatic nitrogens is 2. The molecule has 2 saturated heterocycles. The molecule has 27 heavy (non-hydrogen) atoms. The summed E-state index contributed by atoms with van der Waals surface area (Å²) in [5.74, 6) is -0.634. The van der Waals surface area contributed by atoms with Crippen LogP contribution in [0.15, 0.2) is 18.2 Å². The standard InChI is InChI=1S/C19H19ClF2N4O/c1-25-16(10-23)17(20)24-18(25)26-13-4-5-14(26)9-19(27,8-13)7-11-2-3-12(21)6-15(11)22/h2-3,6,13-14,27H,4-5,7-9H2,1H3. The summed E-state index contributed by atoms with van der Waals surface area (Å²) in [5.41, 5.74) is -0.438. The van der Waals surface area contributed by atoms with Gasteiger partial charge in [-0.15, -0.1) is 0 Å². The van der Waals surface area contributed by atoms with Gasteiger partial charge in [-0.05, 0) is 37.3 Å². The van der Waals surface area contributed by atoms with Crippen molar-refractivity contribution in [1.29, 1.82) is 5.26 Å². The Morgan fingerprint density at radius 2 is 2.00 bits per heavy atom. The molecule has 4 rings (SSSR count). The minimum absolute atomic E-state index is 0.0287. The number of aliphatic hydroxyl groups is 1. The van der Waals surface area contributed by atoms with Gasteiger partial charge in [0.2, 0.25) is 5.95 Å². The molecule has 1 aromatic heterocycles. The zero-order valence-corrected chi connectivity index (χ0v) is 15.5. The molecular weight excluding hydrogens is 374 g/mol. The summed E-state index contributed by atoms with van der Waals surface area (Å²) in [5, 5.41) is 20.6. The number of halogens is 3. The van der Waals surface area contributed by atoms with Gasteiger partial charge >= 0.3 is 0 Å². The Morgan fingerprint density at radius 3 is 2.56 bits per heavy atom. The summed E-state index contributed by atoms with van der Waals surface area (Å²) in [6, 6.07) is 5.57. The van der Waals surface area contributed by atoms with Crippen LogP contribution >= 0.6 is 11.6 Å². The maximum absolute atomic E-state index is 14.0. The van der Waals surface area contributed by atoms with Gasteiger partial charge in [0.1, 0.15) is 17.7 Å². The average Bonchev–Trinajstić information content (AvgIpc) is 3.03. The van der Waals surface area contributed by atoms with Crippen molar-refractivity contribution in [1.82, 2.24) is 9.55 Å². The third-order valence-corrected chi connectivity index (χ3v) is 6.02. The van der Waals surface area contributed by atoms with Crippen LogP contribution in [0.4, 0.5) is 14.7 Å². The maximum Gasteiger partial charge on any atom is 0.208 e. The van der Waals surface area contributed by atoms with Crippen LogP contribution in [-0.4, -0.2) is 32.3 Å². The summed E-state index contributed by atoms with van der Waals surface area (Å²) < 4.78 is 28.9. The minimum atomic E-state index is -1.06. The van der Waals surface area contributed by atoms with E-state index in [-0.39, 0.29) is 23.7 Å². The number of benzene rings is 1. The van der Waals surface area contributed by atoms with Crippen molar-refractivity contribution >= 4 is 17.5 Å². The minimum Gasteiger partial charge on any atom is -0.389 e. The van der Waals surface area contributed by atoms with Crippen LogP contribution in [0.3, 0.4) is 0 Å². The van der Waals surface area contributed by atoms with E-state index >= 15 is 0 Å². The lowest BCUT2D eigenvalue weighted by atomic mass is 9.81. The Labute approximate surface area is 160 Å². The average molecular weight is 393 g/mol. The van der Waals surface area contributed by atoms with E-state index in [1.165, 1.54) is 12.1 Å². The van der Waals surface area contributed by atoms with Gasteiger partial charge in [-0.3, -0.25) is 0 Å². The molecule has 2 atom stereocenters. The summed E-state index contributed by atoms with van der Waals surface area (Å²) in [4.78, 5) is 6.48. The number of rotatable bonds is 3. The van der Waals surface area contributed by atoms with Crippen LogP contribution in [0.2, 0.25) is 5.15 Å². The van der Waals surface area contributed by atoms with E-state index < -0.39 is 17.2 Å². The molecule has 2 aliphatic rings. The van der Waals surface area contributed by atoms with E-state index in [0.717, 1.165) is 18.9 Å². The first-order chi connectivity index (χ1) is 12.8. The van der Waals surface area contributed by atoms with Crippen molar-refractivity contribution in [3.63, 3.8) is 0 Å². The molecule has 1 aromatic carbocycles. The van der Waals surface area contributed by atoms with Crippen molar-refractivity contribution < 1.29 is 13.9 Å². The molecule has 8 heteroatoms. The van der Waals surface area contributed by atoms with Gasteiger partial charge in [0.15, 0.2) is 10.8 Å². The second-order valence-corrected chi connectivity index (χ2v) is 7.92. The van der Waals surface area contributed by atoms with Gasteiger partial charge in [-0.25, -0.2) is 8.78 Å². The SMILES string of the molecule is Cn1c(N2C3CCC2CC(O)(Cc2ccc(F)cc2F)C3)nc(Cl)c1C#N. The predicted molar refractivity (Wildman–Crippen MR) is 96.5 cm³/mol. The molecule has 2 aromatic rings. The van der Waals surface area contributed by atoms with E-state index in [9.17, 15) is 19.1 Å². The molecule has 0 saturated carbocycles. The molecule has 5 nitrogen and oxygen atoms in total. The topological polar surface area (TPSA) is 65.1 Å².